The van der Waals surface area contributed by atoms with E-state index in [0.717, 1.165) is 0 Å². The fourth-order valence-corrected chi connectivity index (χ4v) is 0.164. The van der Waals surface area contributed by atoms with Crippen molar-refractivity contribution < 1.29 is 15.7 Å². The maximum atomic E-state index is 7.16. The van der Waals surface area contributed by atoms with Gasteiger partial charge in [0.1, 0.15) is 1.41 Å². The lowest BCUT2D eigenvalue weighted by molar-refractivity contribution is 0.109. The highest BCUT2D eigenvalue weighted by Crippen LogP contribution is 1.76. The van der Waals surface area contributed by atoms with Gasteiger partial charge in [-0.15, -0.1) is 12.4 Å². The Kier molecular flexibility index (Phi) is 0.860. The van der Waals surface area contributed by atoms with E-state index in [-0.39, 0.29) is 17.7 Å². The second-order valence-corrected chi connectivity index (χ2v) is 0.690. The standard InChI is InChI=1S/C4H9NO.ClH/c1-3-6-4-2-5-1;/h5H,1-4H2;1H/i1D2,2D2,3D,4D2;/hD. The lowest BCUT2D eigenvalue weighted by Crippen LogP contribution is -2.30. The quantitative estimate of drug-likeness (QED) is 0.501. The highest BCUT2D eigenvalue weighted by molar-refractivity contribution is 5.85. The molecule has 0 spiro atoms. The van der Waals surface area contributed by atoms with Crippen molar-refractivity contribution in [3.05, 3.63) is 0 Å². The maximum absolute atomic E-state index is 7.16. The summed E-state index contributed by atoms with van der Waals surface area (Å²) in [5, 5.41) is -0.207. The van der Waals surface area contributed by atoms with Gasteiger partial charge in [0, 0.05) is 18.5 Å². The van der Waals surface area contributed by atoms with Crippen molar-refractivity contribution in [2.75, 3.05) is 26.1 Å². The molecule has 0 aliphatic carbocycles. The largest absolute Gasteiger partial charge is 0.379 e. The van der Waals surface area contributed by atoms with Crippen molar-refractivity contribution in [1.29, 1.82) is 0 Å². The van der Waals surface area contributed by atoms with Gasteiger partial charge in [-0.1, -0.05) is 0 Å². The Morgan fingerprint density at radius 3 is 3.43 bits per heavy atom. The van der Waals surface area contributed by atoms with Gasteiger partial charge in [0.25, 0.3) is 0 Å². The van der Waals surface area contributed by atoms with Crippen LogP contribution < -0.4 is 5.31 Å². The van der Waals surface area contributed by atoms with Crippen molar-refractivity contribution in [3.63, 3.8) is 0 Å². The average Bonchev–Trinajstić information content (AvgIpc) is 1.99. The topological polar surface area (TPSA) is 21.3 Å². The van der Waals surface area contributed by atoms with Gasteiger partial charge in [-0.05, 0) is 0 Å². The van der Waals surface area contributed by atoms with Crippen LogP contribution in [-0.4, -0.2) is 26.1 Å². The van der Waals surface area contributed by atoms with E-state index < -0.39 is 26.1 Å². The molecule has 1 saturated heterocycles. The summed E-state index contributed by atoms with van der Waals surface area (Å²) in [6, 6.07) is 0. The predicted molar refractivity (Wildman–Crippen MR) is 30.9 cm³/mol. The third-order valence-corrected chi connectivity index (χ3v) is 0.337. The van der Waals surface area contributed by atoms with Crippen LogP contribution in [0.2, 0.25) is 1.41 Å². The van der Waals surface area contributed by atoms with Crippen LogP contribution >= 0.6 is 12.4 Å². The second kappa shape index (κ2) is 4.37. The molecular formula is C4H10ClNO. The molecule has 1 aliphatic heterocycles. The summed E-state index contributed by atoms with van der Waals surface area (Å²) >= 11 is 0. The minimum atomic E-state index is -2.94. The van der Waals surface area contributed by atoms with E-state index in [4.69, 9.17) is 11.0 Å². The smallest absolute Gasteiger partial charge is 0.122 e. The number of rotatable bonds is 0. The first-order valence-electron chi connectivity index (χ1n) is 5.45. The van der Waals surface area contributed by atoms with E-state index in [1.54, 1.807) is 0 Å². The SMILES string of the molecule is Cl.[2H]C1OC([2H])([2H])C([2H])([2H])N([2H])C1([2H])[2H]. The molecule has 0 amide bonds. The Balaban J connectivity index is 0.00000196. The molecule has 1 aliphatic rings. The Morgan fingerprint density at radius 1 is 1.71 bits per heavy atom. The lowest BCUT2D eigenvalue weighted by atomic mass is 10.5. The lowest BCUT2D eigenvalue weighted by Gasteiger charge is -2.10. The van der Waals surface area contributed by atoms with Gasteiger partial charge in [-0.25, -0.2) is 0 Å². The maximum Gasteiger partial charge on any atom is 0.122 e. The molecule has 1 unspecified atom stereocenters. The highest BCUT2D eigenvalue weighted by atomic mass is 35.5. The normalized spacial score (nSPS) is 72.3. The molecule has 0 bridgehead atoms. The third-order valence-electron chi connectivity index (χ3n) is 0.337. The van der Waals surface area contributed by atoms with Crippen LogP contribution in [0.4, 0.5) is 0 Å². The monoisotopic (exact) mass is 131 g/mol. The number of ether oxygens (including phenoxy) is 1. The van der Waals surface area contributed by atoms with Gasteiger partial charge in [-0.2, -0.15) is 0 Å². The number of morpholine rings is 1. The minimum Gasteiger partial charge on any atom is -0.379 e. The molecule has 0 aromatic rings. The van der Waals surface area contributed by atoms with E-state index >= 15 is 0 Å². The van der Waals surface area contributed by atoms with Crippen LogP contribution in [0.5, 0.6) is 0 Å². The van der Waals surface area contributed by atoms with Crippen LogP contribution in [0.3, 0.4) is 0 Å². The molecule has 0 aromatic heterocycles. The Bertz CT molecular complexity index is 245. The van der Waals surface area contributed by atoms with Gasteiger partial charge in [0.15, 0.2) is 0 Å². The average molecular weight is 132 g/mol. The van der Waals surface area contributed by atoms with Crippen molar-refractivity contribution >= 4 is 12.4 Å². The van der Waals surface area contributed by atoms with Crippen LogP contribution in [-0.2, 0) is 4.74 Å². The molecule has 44 valence electrons. The molecular weight excluding hydrogens is 114 g/mol. The molecule has 1 atom stereocenters. The minimum absolute atomic E-state index is 0. The van der Waals surface area contributed by atoms with Crippen molar-refractivity contribution in [3.8, 4) is 0 Å². The molecule has 0 saturated carbocycles. The zero-order valence-corrected chi connectivity index (χ0v) is 4.16. The fraction of sp³-hybridized carbons (Fsp3) is 1.00. The van der Waals surface area contributed by atoms with Crippen LogP contribution in [0, 0.1) is 0 Å². The zero-order chi connectivity index (χ0) is 11.4. The van der Waals surface area contributed by atoms with E-state index in [2.05, 4.69) is 4.74 Å². The highest BCUT2D eigenvalue weighted by Gasteiger charge is 1.92. The second-order valence-electron chi connectivity index (χ2n) is 0.690. The fourth-order valence-electron chi connectivity index (χ4n) is 0.164. The number of halogens is 1. The first-order valence-corrected chi connectivity index (χ1v) is 1.43. The number of hydrogen-bond donors (Lipinski definition) is 1. The molecule has 1 N–H and O–H groups in total. The summed E-state index contributed by atoms with van der Waals surface area (Å²) in [4.78, 5) is 0. The van der Waals surface area contributed by atoms with E-state index in [1.807, 2.05) is 0 Å². The number of nitrogens with one attached hydrogen (secondary N) is 1. The summed E-state index contributed by atoms with van der Waals surface area (Å²) in [6.45, 7) is -10.5. The number of hydrogen-bond acceptors (Lipinski definition) is 2. The third kappa shape index (κ3) is 2.85. The summed E-state index contributed by atoms with van der Waals surface area (Å²) in [7, 11) is 0. The predicted octanol–water partition coefficient (Wildman–Crippen LogP) is 0.0280. The summed E-state index contributed by atoms with van der Waals surface area (Å²) in [5.74, 6) is 0. The molecule has 1 heterocycles. The van der Waals surface area contributed by atoms with Gasteiger partial charge in [-0.3, -0.25) is 0 Å². The van der Waals surface area contributed by atoms with Gasteiger partial charge >= 0.3 is 0 Å². The molecule has 2 nitrogen and oxygen atoms in total. The summed E-state index contributed by atoms with van der Waals surface area (Å²) in [5.41, 5.74) is 0. The zero-order valence-electron chi connectivity index (χ0n) is 11.3. The Labute approximate surface area is 60.9 Å². The summed E-state index contributed by atoms with van der Waals surface area (Å²) in [6.07, 6.45) is 0. The van der Waals surface area contributed by atoms with Gasteiger partial charge in [0.05, 0.1) is 17.3 Å². The first kappa shape index (κ1) is 1.38. The van der Waals surface area contributed by atoms with E-state index in [9.17, 15) is 0 Å². The van der Waals surface area contributed by atoms with Crippen molar-refractivity contribution in [2.45, 2.75) is 0 Å². The summed E-state index contributed by atoms with van der Waals surface area (Å²) < 4.78 is 61.3. The van der Waals surface area contributed by atoms with E-state index in [0.29, 0.717) is 0 Å². The van der Waals surface area contributed by atoms with Gasteiger partial charge in [0.2, 0.25) is 0 Å². The van der Waals surface area contributed by atoms with Crippen molar-refractivity contribution in [1.82, 2.24) is 5.31 Å². The molecule has 3 heteroatoms. The van der Waals surface area contributed by atoms with Crippen LogP contribution in [0.15, 0.2) is 0 Å². The van der Waals surface area contributed by atoms with Gasteiger partial charge < -0.3 is 10.0 Å². The molecule has 1 fully saturated rings. The van der Waals surface area contributed by atoms with E-state index in [1.165, 1.54) is 0 Å². The van der Waals surface area contributed by atoms with Crippen molar-refractivity contribution in [2.24, 2.45) is 0 Å². The molecule has 1 rings (SSSR count). The Hall–Kier alpha value is 0.210. The van der Waals surface area contributed by atoms with Crippen LogP contribution in [0.25, 0.3) is 0 Å². The first-order chi connectivity index (χ1) is 6.03. The van der Waals surface area contributed by atoms with Crippen LogP contribution in [0.1, 0.15) is 9.60 Å². The molecule has 0 radical (unpaired) electrons. The molecule has 7 heavy (non-hydrogen) atoms. The molecule has 0 aromatic carbocycles. The Morgan fingerprint density at radius 2 is 2.57 bits per heavy atom.